The molecule has 4 heteroatoms. The molecule has 0 aliphatic heterocycles. The number of carbonyl (C=O) groups excluding carboxylic acids is 1. The Morgan fingerprint density at radius 3 is 2.60 bits per heavy atom. The van der Waals surface area contributed by atoms with E-state index >= 15 is 0 Å². The normalized spacial score (nSPS) is 10.0. The first kappa shape index (κ1) is 12.1. The first-order valence-corrected chi connectivity index (χ1v) is 5.64. The Kier molecular flexibility index (Phi) is 5.21. The largest absolute Gasteiger partial charge is 0.469 e. The molecule has 0 heterocycles. The molecule has 0 radical (unpaired) electrons. The highest BCUT2D eigenvalue weighted by atomic mass is 32.2. The van der Waals surface area contributed by atoms with Gasteiger partial charge in [0.25, 0.3) is 0 Å². The molecule has 0 fully saturated rings. The number of hydrogen-bond acceptors (Lipinski definition) is 4. The Morgan fingerprint density at radius 1 is 1.40 bits per heavy atom. The lowest BCUT2D eigenvalue weighted by atomic mass is 10.2. The van der Waals surface area contributed by atoms with Crippen molar-refractivity contribution in [2.75, 3.05) is 12.9 Å². The lowest BCUT2D eigenvalue weighted by Gasteiger charge is -2.02. The maximum atomic E-state index is 10.8. The quantitative estimate of drug-likeness (QED) is 0.614. The van der Waals surface area contributed by atoms with Crippen molar-refractivity contribution >= 4 is 17.7 Å². The van der Waals surface area contributed by atoms with Gasteiger partial charge < -0.3 is 9.84 Å². The lowest BCUT2D eigenvalue weighted by molar-refractivity contribution is -0.140. The monoisotopic (exact) mass is 226 g/mol. The number of hydrogen-bond donors (Lipinski definition) is 1. The number of benzene rings is 1. The van der Waals surface area contributed by atoms with Gasteiger partial charge in [-0.2, -0.15) is 0 Å². The van der Waals surface area contributed by atoms with E-state index in [4.69, 9.17) is 5.11 Å². The molecule has 0 saturated heterocycles. The second kappa shape index (κ2) is 6.48. The van der Waals surface area contributed by atoms with Gasteiger partial charge in [0.1, 0.15) is 0 Å². The maximum Gasteiger partial charge on any atom is 0.306 e. The summed E-state index contributed by atoms with van der Waals surface area (Å²) in [6.45, 7) is 0.0626. The highest BCUT2D eigenvalue weighted by molar-refractivity contribution is 7.99. The molecule has 82 valence electrons. The maximum absolute atomic E-state index is 10.8. The molecule has 3 nitrogen and oxygen atoms in total. The van der Waals surface area contributed by atoms with Crippen molar-refractivity contribution in [2.24, 2.45) is 0 Å². The molecular formula is C11H14O3S. The van der Waals surface area contributed by atoms with Crippen molar-refractivity contribution in [1.29, 1.82) is 0 Å². The third-order valence-electron chi connectivity index (χ3n) is 1.91. The van der Waals surface area contributed by atoms with Gasteiger partial charge >= 0.3 is 5.97 Å². The van der Waals surface area contributed by atoms with Gasteiger partial charge in [-0.25, -0.2) is 0 Å². The lowest BCUT2D eigenvalue weighted by Crippen LogP contribution is -2.00. The van der Waals surface area contributed by atoms with Gasteiger partial charge in [-0.05, 0) is 17.7 Å². The van der Waals surface area contributed by atoms with Gasteiger partial charge in [0.15, 0.2) is 0 Å². The van der Waals surface area contributed by atoms with Crippen LogP contribution in [0.3, 0.4) is 0 Å². The fourth-order valence-electron chi connectivity index (χ4n) is 1.05. The molecule has 1 rings (SSSR count). The van der Waals surface area contributed by atoms with E-state index in [-0.39, 0.29) is 12.6 Å². The molecule has 0 bridgehead atoms. The van der Waals surface area contributed by atoms with Crippen LogP contribution in [0.25, 0.3) is 0 Å². The van der Waals surface area contributed by atoms with Crippen LogP contribution in [0.4, 0.5) is 0 Å². The van der Waals surface area contributed by atoms with Crippen molar-refractivity contribution < 1.29 is 14.6 Å². The Hall–Kier alpha value is -1.00. The van der Waals surface area contributed by atoms with E-state index in [1.165, 1.54) is 7.11 Å². The van der Waals surface area contributed by atoms with Crippen LogP contribution in [0.1, 0.15) is 12.0 Å². The van der Waals surface area contributed by atoms with Crippen LogP contribution in [0.5, 0.6) is 0 Å². The first-order valence-electron chi connectivity index (χ1n) is 4.65. The van der Waals surface area contributed by atoms with Crippen LogP contribution < -0.4 is 0 Å². The molecule has 0 aromatic heterocycles. The molecule has 0 aliphatic carbocycles. The predicted molar refractivity (Wildman–Crippen MR) is 59.7 cm³/mol. The second-order valence-electron chi connectivity index (χ2n) is 2.98. The average Bonchev–Trinajstić information content (AvgIpc) is 2.29. The Morgan fingerprint density at radius 2 is 2.07 bits per heavy atom. The summed E-state index contributed by atoms with van der Waals surface area (Å²) in [5, 5.41) is 8.84. The Bertz CT molecular complexity index is 308. The summed E-state index contributed by atoms with van der Waals surface area (Å²) < 4.78 is 4.54. The molecule has 0 amide bonds. The third kappa shape index (κ3) is 4.36. The van der Waals surface area contributed by atoms with Crippen molar-refractivity contribution in [3.05, 3.63) is 29.8 Å². The number of aliphatic hydroxyl groups excluding tert-OH is 1. The summed E-state index contributed by atoms with van der Waals surface area (Å²) in [6.07, 6.45) is 0.420. The topological polar surface area (TPSA) is 46.5 Å². The highest BCUT2D eigenvalue weighted by Gasteiger charge is 2.00. The number of thioether (sulfide) groups is 1. The molecule has 0 unspecified atom stereocenters. The van der Waals surface area contributed by atoms with E-state index in [0.717, 1.165) is 10.5 Å². The van der Waals surface area contributed by atoms with Crippen molar-refractivity contribution in [2.45, 2.75) is 17.9 Å². The average molecular weight is 226 g/mol. The second-order valence-corrected chi connectivity index (χ2v) is 4.14. The molecule has 15 heavy (non-hydrogen) atoms. The van der Waals surface area contributed by atoms with Crippen LogP contribution in [-0.2, 0) is 16.1 Å². The van der Waals surface area contributed by atoms with Crippen LogP contribution in [0, 0.1) is 0 Å². The molecule has 0 aliphatic rings. The van der Waals surface area contributed by atoms with Crippen LogP contribution in [0.15, 0.2) is 29.2 Å². The summed E-state index contributed by atoms with van der Waals surface area (Å²) in [4.78, 5) is 11.9. The minimum atomic E-state index is -0.186. The van der Waals surface area contributed by atoms with Crippen molar-refractivity contribution in [1.82, 2.24) is 0 Å². The van der Waals surface area contributed by atoms with Crippen molar-refractivity contribution in [3.63, 3.8) is 0 Å². The summed E-state index contributed by atoms with van der Waals surface area (Å²) in [5.41, 5.74) is 0.896. The van der Waals surface area contributed by atoms with Gasteiger partial charge in [-0.1, -0.05) is 12.1 Å². The van der Waals surface area contributed by atoms with Crippen molar-refractivity contribution in [3.8, 4) is 0 Å². The summed E-state index contributed by atoms with van der Waals surface area (Å²) >= 11 is 1.60. The van der Waals surface area contributed by atoms with Crippen LogP contribution >= 0.6 is 11.8 Å². The SMILES string of the molecule is COC(=O)CCSc1ccc(CO)cc1. The fourth-order valence-corrected chi connectivity index (χ4v) is 1.88. The van der Waals surface area contributed by atoms with Gasteiger partial charge in [0, 0.05) is 10.6 Å². The number of esters is 1. The number of aliphatic hydroxyl groups is 1. The van der Waals surface area contributed by atoms with E-state index in [2.05, 4.69) is 4.74 Å². The minimum absolute atomic E-state index is 0.0626. The fraction of sp³-hybridized carbons (Fsp3) is 0.364. The zero-order chi connectivity index (χ0) is 11.1. The van der Waals surface area contributed by atoms with Gasteiger partial charge in [0.05, 0.1) is 20.1 Å². The first-order chi connectivity index (χ1) is 7.26. The molecular weight excluding hydrogens is 212 g/mol. The van der Waals surface area contributed by atoms with Gasteiger partial charge in [-0.15, -0.1) is 11.8 Å². The van der Waals surface area contributed by atoms with E-state index in [1.807, 2.05) is 24.3 Å². The van der Waals surface area contributed by atoms with Crippen LogP contribution in [0.2, 0.25) is 0 Å². The zero-order valence-corrected chi connectivity index (χ0v) is 9.42. The minimum Gasteiger partial charge on any atom is -0.469 e. The van der Waals surface area contributed by atoms with E-state index < -0.39 is 0 Å². The predicted octanol–water partition coefficient (Wildman–Crippen LogP) is 1.83. The molecule has 1 N–H and O–H groups in total. The van der Waals surface area contributed by atoms with Crippen LogP contribution in [-0.4, -0.2) is 23.9 Å². The number of ether oxygens (including phenoxy) is 1. The Labute approximate surface area is 93.4 Å². The summed E-state index contributed by atoms with van der Waals surface area (Å²) in [7, 11) is 1.39. The molecule has 0 saturated carbocycles. The molecule has 1 aromatic rings. The number of methoxy groups -OCH3 is 1. The van der Waals surface area contributed by atoms with E-state index in [1.54, 1.807) is 11.8 Å². The highest BCUT2D eigenvalue weighted by Crippen LogP contribution is 2.19. The number of rotatable bonds is 5. The Balaban J connectivity index is 2.34. The van der Waals surface area contributed by atoms with Gasteiger partial charge in [0.2, 0.25) is 0 Å². The zero-order valence-electron chi connectivity index (χ0n) is 8.60. The summed E-state index contributed by atoms with van der Waals surface area (Å²) in [6, 6.07) is 7.63. The van der Waals surface area contributed by atoms with E-state index in [9.17, 15) is 4.79 Å². The standard InChI is InChI=1S/C11H14O3S/c1-14-11(13)6-7-15-10-4-2-9(8-12)3-5-10/h2-5,12H,6-8H2,1H3. The third-order valence-corrected chi connectivity index (χ3v) is 2.92. The smallest absolute Gasteiger partial charge is 0.306 e. The number of carbonyl (C=O) groups is 1. The van der Waals surface area contributed by atoms with E-state index in [0.29, 0.717) is 12.2 Å². The molecule has 1 aromatic carbocycles. The molecule has 0 spiro atoms. The molecule has 0 atom stereocenters. The summed E-state index contributed by atoms with van der Waals surface area (Å²) in [5.74, 6) is 0.528. The van der Waals surface area contributed by atoms with Gasteiger partial charge in [-0.3, -0.25) is 4.79 Å².